The fraction of sp³-hybridized carbons (Fsp3) is 0.111. The van der Waals surface area contributed by atoms with Crippen LogP contribution in [0, 0.1) is 17.0 Å². The van der Waals surface area contributed by atoms with Crippen molar-refractivity contribution in [1.29, 1.82) is 0 Å². The maximum absolute atomic E-state index is 10.6. The summed E-state index contributed by atoms with van der Waals surface area (Å²) >= 11 is 5.42. The molecule has 2 rings (SSSR count). The van der Waals surface area contributed by atoms with Gasteiger partial charge in [0.05, 0.1) is 4.92 Å². The SMILES string of the molecule is Cc1cc(Oc2nnc(Cl)nn2)ccc1[N+](=O)[O-]. The summed E-state index contributed by atoms with van der Waals surface area (Å²) in [5.74, 6) is 0.351. The zero-order chi connectivity index (χ0) is 13.1. The number of aromatic nitrogens is 4. The lowest BCUT2D eigenvalue weighted by Gasteiger charge is -2.03. The highest BCUT2D eigenvalue weighted by atomic mass is 35.5. The van der Waals surface area contributed by atoms with E-state index in [4.69, 9.17) is 16.3 Å². The molecule has 0 aliphatic rings. The normalized spacial score (nSPS) is 10.1. The van der Waals surface area contributed by atoms with Crippen LogP contribution in [-0.2, 0) is 0 Å². The lowest BCUT2D eigenvalue weighted by atomic mass is 10.2. The summed E-state index contributed by atoms with van der Waals surface area (Å²) in [7, 11) is 0. The van der Waals surface area contributed by atoms with E-state index in [1.54, 1.807) is 6.92 Å². The van der Waals surface area contributed by atoms with Gasteiger partial charge in [-0.2, -0.15) is 0 Å². The Morgan fingerprint density at radius 3 is 2.50 bits per heavy atom. The molecule has 9 heteroatoms. The molecule has 0 amide bonds. The van der Waals surface area contributed by atoms with Crippen LogP contribution in [0.2, 0.25) is 5.28 Å². The molecule has 0 unspecified atom stereocenters. The van der Waals surface area contributed by atoms with E-state index in [9.17, 15) is 10.1 Å². The first-order valence-electron chi connectivity index (χ1n) is 4.72. The predicted molar refractivity (Wildman–Crippen MR) is 60.5 cm³/mol. The summed E-state index contributed by atoms with van der Waals surface area (Å²) in [4.78, 5) is 10.2. The lowest BCUT2D eigenvalue weighted by Crippen LogP contribution is -1.98. The second-order valence-corrected chi connectivity index (χ2v) is 3.60. The molecule has 8 nitrogen and oxygen atoms in total. The Balaban J connectivity index is 2.22. The molecule has 0 radical (unpaired) electrons. The van der Waals surface area contributed by atoms with Crippen LogP contribution in [0.25, 0.3) is 0 Å². The van der Waals surface area contributed by atoms with Crippen molar-refractivity contribution in [2.75, 3.05) is 0 Å². The molecule has 0 atom stereocenters. The maximum atomic E-state index is 10.6. The van der Waals surface area contributed by atoms with Gasteiger partial charge in [0, 0.05) is 11.6 Å². The number of ether oxygens (including phenoxy) is 1. The Bertz CT molecular complexity index is 589. The van der Waals surface area contributed by atoms with Gasteiger partial charge in [-0.25, -0.2) is 0 Å². The van der Waals surface area contributed by atoms with Crippen molar-refractivity contribution in [2.45, 2.75) is 6.92 Å². The average Bonchev–Trinajstić information content (AvgIpc) is 2.32. The molecule has 1 aromatic carbocycles. The summed E-state index contributed by atoms with van der Waals surface area (Å²) in [6.45, 7) is 1.60. The predicted octanol–water partition coefficient (Wildman–Crippen LogP) is 1.93. The highest BCUT2D eigenvalue weighted by molar-refractivity contribution is 6.28. The standard InChI is InChI=1S/C9H6ClN5O3/c1-5-4-6(2-3-7(5)15(16)17)18-9-13-11-8(10)12-14-9/h2-4H,1H3. The highest BCUT2D eigenvalue weighted by Crippen LogP contribution is 2.25. The maximum Gasteiger partial charge on any atom is 0.360 e. The minimum Gasteiger partial charge on any atom is -0.422 e. The van der Waals surface area contributed by atoms with Crippen LogP contribution < -0.4 is 4.74 Å². The van der Waals surface area contributed by atoms with Crippen LogP contribution in [-0.4, -0.2) is 25.3 Å². The molecule has 0 bridgehead atoms. The fourth-order valence-electron chi connectivity index (χ4n) is 1.25. The van der Waals surface area contributed by atoms with Gasteiger partial charge >= 0.3 is 6.01 Å². The van der Waals surface area contributed by atoms with E-state index in [2.05, 4.69) is 20.4 Å². The quantitative estimate of drug-likeness (QED) is 0.618. The first-order valence-corrected chi connectivity index (χ1v) is 5.10. The van der Waals surface area contributed by atoms with E-state index in [-0.39, 0.29) is 17.0 Å². The number of rotatable bonds is 3. The van der Waals surface area contributed by atoms with Crippen molar-refractivity contribution in [3.63, 3.8) is 0 Å². The van der Waals surface area contributed by atoms with Gasteiger partial charge in [-0.15, -0.1) is 10.2 Å². The molecule has 0 N–H and O–H groups in total. The van der Waals surface area contributed by atoms with Crippen LogP contribution in [0.5, 0.6) is 11.8 Å². The first kappa shape index (κ1) is 12.1. The number of hydrogen-bond donors (Lipinski definition) is 0. The van der Waals surface area contributed by atoms with E-state index in [0.29, 0.717) is 11.3 Å². The van der Waals surface area contributed by atoms with Crippen molar-refractivity contribution >= 4 is 17.3 Å². The molecule has 0 saturated carbocycles. The smallest absolute Gasteiger partial charge is 0.360 e. The number of nitro benzene ring substituents is 1. The summed E-state index contributed by atoms with van der Waals surface area (Å²) < 4.78 is 5.22. The molecule has 0 fully saturated rings. The topological polar surface area (TPSA) is 104 Å². The second-order valence-electron chi connectivity index (χ2n) is 3.26. The van der Waals surface area contributed by atoms with Crippen molar-refractivity contribution < 1.29 is 9.66 Å². The summed E-state index contributed by atoms with van der Waals surface area (Å²) in [6, 6.07) is 4.17. The second kappa shape index (κ2) is 4.88. The zero-order valence-corrected chi connectivity index (χ0v) is 9.83. The number of nitro groups is 1. The van der Waals surface area contributed by atoms with Crippen LogP contribution >= 0.6 is 11.6 Å². The molecule has 2 aromatic rings. The number of aryl methyl sites for hydroxylation is 1. The molecule has 1 aromatic heterocycles. The summed E-state index contributed by atoms with van der Waals surface area (Å²) in [6.07, 6.45) is 0. The average molecular weight is 268 g/mol. The minimum absolute atomic E-state index is 0.00984. The summed E-state index contributed by atoms with van der Waals surface area (Å²) in [5.41, 5.74) is 0.475. The number of halogens is 1. The van der Waals surface area contributed by atoms with Crippen LogP contribution in [0.15, 0.2) is 18.2 Å². The van der Waals surface area contributed by atoms with Gasteiger partial charge in [-0.1, -0.05) is 10.2 Å². The van der Waals surface area contributed by atoms with Crippen molar-refractivity contribution in [1.82, 2.24) is 20.4 Å². The molecule has 1 heterocycles. The van der Waals surface area contributed by atoms with E-state index in [1.165, 1.54) is 18.2 Å². The van der Waals surface area contributed by atoms with Crippen molar-refractivity contribution in [3.05, 3.63) is 39.2 Å². The number of hydrogen-bond acceptors (Lipinski definition) is 7. The van der Waals surface area contributed by atoms with Crippen LogP contribution in [0.3, 0.4) is 0 Å². The minimum atomic E-state index is -0.471. The van der Waals surface area contributed by atoms with Gasteiger partial charge in [-0.3, -0.25) is 10.1 Å². The Labute approximate surface area is 106 Å². The number of nitrogens with zero attached hydrogens (tertiary/aromatic N) is 5. The Morgan fingerprint density at radius 2 is 1.94 bits per heavy atom. The van der Waals surface area contributed by atoms with Gasteiger partial charge in [0.15, 0.2) is 0 Å². The fourth-order valence-corrected chi connectivity index (χ4v) is 1.33. The molecule has 0 spiro atoms. The highest BCUT2D eigenvalue weighted by Gasteiger charge is 2.11. The third-order valence-corrected chi connectivity index (χ3v) is 2.16. The van der Waals surface area contributed by atoms with Crippen molar-refractivity contribution in [2.24, 2.45) is 0 Å². The van der Waals surface area contributed by atoms with Gasteiger partial charge in [-0.05, 0) is 30.7 Å². The van der Waals surface area contributed by atoms with Crippen LogP contribution in [0.4, 0.5) is 5.69 Å². The van der Waals surface area contributed by atoms with Gasteiger partial charge in [0.2, 0.25) is 0 Å². The van der Waals surface area contributed by atoms with E-state index in [0.717, 1.165) is 0 Å². The molecular formula is C9H6ClN5O3. The Hall–Kier alpha value is -2.35. The van der Waals surface area contributed by atoms with Crippen molar-refractivity contribution in [3.8, 4) is 11.8 Å². The Kier molecular flexibility index (Phi) is 3.28. The molecule has 92 valence electrons. The monoisotopic (exact) mass is 267 g/mol. The number of benzene rings is 1. The molecular weight excluding hydrogens is 262 g/mol. The third-order valence-electron chi connectivity index (χ3n) is 2.01. The van der Waals surface area contributed by atoms with E-state index in [1.807, 2.05) is 0 Å². The van der Waals surface area contributed by atoms with Crippen LogP contribution in [0.1, 0.15) is 5.56 Å². The molecule has 0 aliphatic carbocycles. The van der Waals surface area contributed by atoms with E-state index >= 15 is 0 Å². The van der Waals surface area contributed by atoms with Gasteiger partial charge < -0.3 is 4.74 Å². The third kappa shape index (κ3) is 2.66. The Morgan fingerprint density at radius 1 is 1.28 bits per heavy atom. The first-order chi connectivity index (χ1) is 8.56. The molecule has 0 saturated heterocycles. The zero-order valence-electron chi connectivity index (χ0n) is 9.07. The molecule has 0 aliphatic heterocycles. The van der Waals surface area contributed by atoms with Gasteiger partial charge in [0.1, 0.15) is 5.75 Å². The largest absolute Gasteiger partial charge is 0.422 e. The lowest BCUT2D eigenvalue weighted by molar-refractivity contribution is -0.385. The van der Waals surface area contributed by atoms with E-state index < -0.39 is 4.92 Å². The molecule has 18 heavy (non-hydrogen) atoms. The summed E-state index contributed by atoms with van der Waals surface area (Å²) in [5, 5.41) is 24.5. The van der Waals surface area contributed by atoms with Gasteiger partial charge in [0.25, 0.3) is 11.0 Å².